The summed E-state index contributed by atoms with van der Waals surface area (Å²) in [7, 11) is 0. The van der Waals surface area contributed by atoms with Gasteiger partial charge in [-0.3, -0.25) is 15.1 Å². The van der Waals surface area contributed by atoms with Gasteiger partial charge in [0.15, 0.2) is 5.13 Å². The number of ether oxygens (including phenoxy) is 1. The van der Waals surface area contributed by atoms with Gasteiger partial charge >= 0.3 is 0 Å². The lowest BCUT2D eigenvalue weighted by Crippen LogP contribution is -2.11. The number of carbonyl (C=O) groups excluding carboxylic acids is 1. The van der Waals surface area contributed by atoms with Crippen molar-refractivity contribution >= 4 is 22.4 Å². The van der Waals surface area contributed by atoms with Gasteiger partial charge in [0.2, 0.25) is 0 Å². The van der Waals surface area contributed by atoms with Crippen LogP contribution in [-0.4, -0.2) is 22.5 Å². The van der Waals surface area contributed by atoms with E-state index in [-0.39, 0.29) is 5.91 Å². The van der Waals surface area contributed by atoms with Gasteiger partial charge in [-0.05, 0) is 42.8 Å². The fourth-order valence-corrected chi connectivity index (χ4v) is 2.91. The molecule has 5 nitrogen and oxygen atoms in total. The zero-order chi connectivity index (χ0) is 17.5. The average Bonchev–Trinajstić information content (AvgIpc) is 3.12. The van der Waals surface area contributed by atoms with Crippen LogP contribution in [0, 0.1) is 0 Å². The molecule has 0 aliphatic heterocycles. The van der Waals surface area contributed by atoms with Crippen molar-refractivity contribution in [1.82, 2.24) is 9.97 Å². The van der Waals surface area contributed by atoms with Gasteiger partial charge < -0.3 is 4.74 Å². The van der Waals surface area contributed by atoms with E-state index in [4.69, 9.17) is 4.74 Å². The summed E-state index contributed by atoms with van der Waals surface area (Å²) in [6.45, 7) is 2.81. The molecule has 6 heteroatoms. The Labute approximate surface area is 150 Å². The summed E-state index contributed by atoms with van der Waals surface area (Å²) in [5.74, 6) is 0.593. The summed E-state index contributed by atoms with van der Waals surface area (Å²) in [6, 6.07) is 10.9. The molecule has 0 aliphatic carbocycles. The van der Waals surface area contributed by atoms with Crippen molar-refractivity contribution in [2.45, 2.75) is 19.8 Å². The van der Waals surface area contributed by atoms with Gasteiger partial charge in [-0.2, -0.15) is 0 Å². The number of hydrogen-bond acceptors (Lipinski definition) is 5. The normalized spacial score (nSPS) is 10.4. The molecule has 0 fully saturated rings. The highest BCUT2D eigenvalue weighted by Gasteiger charge is 2.10. The largest absolute Gasteiger partial charge is 0.494 e. The van der Waals surface area contributed by atoms with Crippen molar-refractivity contribution < 1.29 is 9.53 Å². The number of carbonyl (C=O) groups is 1. The van der Waals surface area contributed by atoms with Gasteiger partial charge in [-0.25, -0.2) is 4.98 Å². The zero-order valence-corrected chi connectivity index (χ0v) is 14.8. The Morgan fingerprint density at radius 1 is 1.16 bits per heavy atom. The molecule has 0 unspecified atom stereocenters. The smallest absolute Gasteiger partial charge is 0.257 e. The summed E-state index contributed by atoms with van der Waals surface area (Å²) in [5.41, 5.74) is 2.37. The van der Waals surface area contributed by atoms with Gasteiger partial charge in [0, 0.05) is 28.9 Å². The van der Waals surface area contributed by atoms with E-state index in [1.165, 1.54) is 11.3 Å². The molecule has 3 rings (SSSR count). The second-order valence-corrected chi connectivity index (χ2v) is 6.31. The number of nitrogens with zero attached hydrogens (tertiary/aromatic N) is 2. The first-order valence-electron chi connectivity index (χ1n) is 8.16. The maximum Gasteiger partial charge on any atom is 0.257 e. The number of anilines is 1. The van der Waals surface area contributed by atoms with Crippen LogP contribution in [0.4, 0.5) is 5.13 Å². The molecule has 0 aliphatic rings. The predicted octanol–water partition coefficient (Wildman–Crippen LogP) is 4.64. The number of aromatic nitrogens is 2. The summed E-state index contributed by atoms with van der Waals surface area (Å²) in [4.78, 5) is 20.8. The average molecular weight is 353 g/mol. The topological polar surface area (TPSA) is 64.1 Å². The summed E-state index contributed by atoms with van der Waals surface area (Å²) in [6.07, 6.45) is 5.55. The Balaban J connectivity index is 1.61. The SMILES string of the molecule is CCCCOc1ccc(C(=O)Nc2nc(-c3ccncc3)cs2)cc1. The van der Waals surface area contributed by atoms with Crippen molar-refractivity contribution in [1.29, 1.82) is 0 Å². The van der Waals surface area contributed by atoms with Crippen LogP contribution in [0.1, 0.15) is 30.1 Å². The van der Waals surface area contributed by atoms with Gasteiger partial charge in [0.05, 0.1) is 12.3 Å². The molecule has 0 radical (unpaired) electrons. The maximum atomic E-state index is 12.3. The highest BCUT2D eigenvalue weighted by Crippen LogP contribution is 2.24. The fraction of sp³-hybridized carbons (Fsp3) is 0.211. The number of amides is 1. The molecule has 2 heterocycles. The highest BCUT2D eigenvalue weighted by molar-refractivity contribution is 7.14. The molecule has 2 aromatic heterocycles. The van der Waals surface area contributed by atoms with E-state index in [0.717, 1.165) is 29.8 Å². The van der Waals surface area contributed by atoms with E-state index in [1.54, 1.807) is 24.5 Å². The molecule has 128 valence electrons. The summed E-state index contributed by atoms with van der Waals surface area (Å²) < 4.78 is 5.60. The lowest BCUT2D eigenvalue weighted by molar-refractivity contribution is 0.102. The van der Waals surface area contributed by atoms with E-state index in [0.29, 0.717) is 17.3 Å². The van der Waals surface area contributed by atoms with Gasteiger partial charge in [0.1, 0.15) is 5.75 Å². The molecule has 1 amide bonds. The number of nitrogens with one attached hydrogen (secondary N) is 1. The first-order chi connectivity index (χ1) is 12.3. The van der Waals surface area contributed by atoms with Crippen LogP contribution >= 0.6 is 11.3 Å². The van der Waals surface area contributed by atoms with Gasteiger partial charge in [-0.15, -0.1) is 11.3 Å². The monoisotopic (exact) mass is 353 g/mol. The van der Waals surface area contributed by atoms with Crippen LogP contribution in [0.3, 0.4) is 0 Å². The minimum absolute atomic E-state index is 0.185. The minimum atomic E-state index is -0.185. The third kappa shape index (κ3) is 4.64. The van der Waals surface area contributed by atoms with Crippen LogP contribution in [-0.2, 0) is 0 Å². The molecule has 0 spiro atoms. The van der Waals surface area contributed by atoms with Crippen LogP contribution in [0.2, 0.25) is 0 Å². The number of benzene rings is 1. The third-order valence-corrected chi connectivity index (χ3v) is 4.34. The van der Waals surface area contributed by atoms with Crippen molar-refractivity contribution in [3.05, 3.63) is 59.7 Å². The number of rotatable bonds is 7. The molecule has 25 heavy (non-hydrogen) atoms. The number of thiazole rings is 1. The van der Waals surface area contributed by atoms with E-state index in [2.05, 4.69) is 22.2 Å². The standard InChI is InChI=1S/C19H19N3O2S/c1-2-3-12-24-16-6-4-15(5-7-16)18(23)22-19-21-17(13-25-19)14-8-10-20-11-9-14/h4-11,13H,2-3,12H2,1H3,(H,21,22,23). The molecule has 1 aromatic carbocycles. The third-order valence-electron chi connectivity index (χ3n) is 3.58. The number of pyridine rings is 1. The summed E-state index contributed by atoms with van der Waals surface area (Å²) >= 11 is 1.40. The van der Waals surface area contributed by atoms with Gasteiger partial charge in [-0.1, -0.05) is 13.3 Å². The van der Waals surface area contributed by atoms with Crippen molar-refractivity contribution in [3.63, 3.8) is 0 Å². The lowest BCUT2D eigenvalue weighted by atomic mass is 10.2. The van der Waals surface area contributed by atoms with E-state index >= 15 is 0 Å². The molecular weight excluding hydrogens is 334 g/mol. The van der Waals surface area contributed by atoms with Gasteiger partial charge in [0.25, 0.3) is 5.91 Å². The molecule has 0 saturated carbocycles. The zero-order valence-electron chi connectivity index (χ0n) is 13.9. The van der Waals surface area contributed by atoms with Crippen LogP contribution in [0.5, 0.6) is 5.75 Å². The molecule has 1 N–H and O–H groups in total. The van der Waals surface area contributed by atoms with Crippen molar-refractivity contribution in [2.75, 3.05) is 11.9 Å². The molecule has 0 atom stereocenters. The summed E-state index contributed by atoms with van der Waals surface area (Å²) in [5, 5.41) is 5.31. The number of hydrogen-bond donors (Lipinski definition) is 1. The first-order valence-corrected chi connectivity index (χ1v) is 9.04. The lowest BCUT2D eigenvalue weighted by Gasteiger charge is -2.06. The van der Waals surface area contributed by atoms with Crippen LogP contribution in [0.15, 0.2) is 54.2 Å². The fourth-order valence-electron chi connectivity index (χ4n) is 2.19. The van der Waals surface area contributed by atoms with E-state index in [9.17, 15) is 4.79 Å². The Bertz CT molecular complexity index is 816. The quantitative estimate of drug-likeness (QED) is 0.629. The van der Waals surface area contributed by atoms with Crippen LogP contribution in [0.25, 0.3) is 11.3 Å². The highest BCUT2D eigenvalue weighted by atomic mass is 32.1. The molecular formula is C19H19N3O2S. The van der Waals surface area contributed by atoms with E-state index < -0.39 is 0 Å². The predicted molar refractivity (Wildman–Crippen MR) is 100 cm³/mol. The molecule has 3 aromatic rings. The first kappa shape index (κ1) is 17.1. The van der Waals surface area contributed by atoms with Crippen LogP contribution < -0.4 is 10.1 Å². The van der Waals surface area contributed by atoms with Crippen molar-refractivity contribution in [2.24, 2.45) is 0 Å². The van der Waals surface area contributed by atoms with E-state index in [1.807, 2.05) is 29.6 Å². The maximum absolute atomic E-state index is 12.3. The number of unbranched alkanes of at least 4 members (excludes halogenated alkanes) is 1. The second kappa shape index (κ2) is 8.39. The van der Waals surface area contributed by atoms with Crippen molar-refractivity contribution in [3.8, 4) is 17.0 Å². The molecule has 0 bridgehead atoms. The second-order valence-electron chi connectivity index (χ2n) is 5.45. The Kier molecular flexibility index (Phi) is 5.74. The molecule has 0 saturated heterocycles. The Morgan fingerprint density at radius 3 is 2.64 bits per heavy atom. The minimum Gasteiger partial charge on any atom is -0.494 e. The Morgan fingerprint density at radius 2 is 1.92 bits per heavy atom. The Hall–Kier alpha value is -2.73.